The maximum absolute atomic E-state index is 5.25. The first-order valence-electron chi connectivity index (χ1n) is 5.72. The van der Waals surface area contributed by atoms with Crippen molar-refractivity contribution >= 4 is 10.9 Å². The van der Waals surface area contributed by atoms with Crippen LogP contribution >= 0.6 is 0 Å². The molecule has 0 aliphatic carbocycles. The predicted octanol–water partition coefficient (Wildman–Crippen LogP) is 2.93. The molecule has 0 aliphatic rings. The van der Waals surface area contributed by atoms with Gasteiger partial charge in [-0.3, -0.25) is 4.68 Å². The largest absolute Gasteiger partial charge is 0.493 e. The van der Waals surface area contributed by atoms with Crippen molar-refractivity contribution in [3.05, 3.63) is 17.8 Å². The Labute approximate surface area is 102 Å². The zero-order valence-electron chi connectivity index (χ0n) is 11.4. The van der Waals surface area contributed by atoms with E-state index in [2.05, 4.69) is 5.10 Å². The lowest BCUT2D eigenvalue weighted by Crippen LogP contribution is -1.91. The topological polar surface area (TPSA) is 36.3 Å². The standard InChI is InChI=1S/C11H14N2O2.C2H6/c1-7-8-5-10(14-3)11(15-4)6-9(8)12-13(7)2;1-2/h5-6H,1-4H3;1-2H3. The molecule has 4 heteroatoms. The van der Waals surface area contributed by atoms with Gasteiger partial charge in [-0.05, 0) is 13.0 Å². The van der Waals surface area contributed by atoms with Gasteiger partial charge in [0.05, 0.1) is 19.7 Å². The fourth-order valence-corrected chi connectivity index (χ4v) is 1.65. The zero-order valence-corrected chi connectivity index (χ0v) is 11.4. The molecule has 4 nitrogen and oxygen atoms in total. The van der Waals surface area contributed by atoms with Gasteiger partial charge in [-0.25, -0.2) is 0 Å². The Morgan fingerprint density at radius 1 is 1.06 bits per heavy atom. The van der Waals surface area contributed by atoms with Crippen molar-refractivity contribution in [2.24, 2.45) is 7.05 Å². The summed E-state index contributed by atoms with van der Waals surface area (Å²) in [5.41, 5.74) is 2.04. The molecule has 1 aromatic carbocycles. The lowest BCUT2D eigenvalue weighted by atomic mass is 10.2. The third kappa shape index (κ3) is 2.35. The Balaban J connectivity index is 0.000000686. The Bertz CT molecular complexity index is 504. The van der Waals surface area contributed by atoms with Crippen molar-refractivity contribution in [3.63, 3.8) is 0 Å². The van der Waals surface area contributed by atoms with E-state index in [0.29, 0.717) is 5.75 Å². The van der Waals surface area contributed by atoms with Crippen molar-refractivity contribution in [2.45, 2.75) is 20.8 Å². The van der Waals surface area contributed by atoms with Gasteiger partial charge in [-0.1, -0.05) is 13.8 Å². The van der Waals surface area contributed by atoms with Crippen LogP contribution in [-0.2, 0) is 7.05 Å². The number of aryl methyl sites for hydroxylation is 2. The summed E-state index contributed by atoms with van der Waals surface area (Å²) in [6, 6.07) is 3.84. The molecule has 0 saturated carbocycles. The number of ether oxygens (including phenoxy) is 2. The highest BCUT2D eigenvalue weighted by atomic mass is 16.5. The molecule has 0 spiro atoms. The second-order valence-corrected chi connectivity index (χ2v) is 3.43. The molecule has 0 amide bonds. The number of hydrogen-bond acceptors (Lipinski definition) is 3. The van der Waals surface area contributed by atoms with Crippen molar-refractivity contribution in [1.29, 1.82) is 0 Å². The van der Waals surface area contributed by atoms with E-state index >= 15 is 0 Å². The minimum Gasteiger partial charge on any atom is -0.493 e. The number of fused-ring (bicyclic) bond motifs is 1. The summed E-state index contributed by atoms with van der Waals surface area (Å²) >= 11 is 0. The summed E-state index contributed by atoms with van der Waals surface area (Å²) < 4.78 is 12.3. The second-order valence-electron chi connectivity index (χ2n) is 3.43. The SMILES string of the molecule is CC.COc1cc2nn(C)c(C)c2cc1OC. The van der Waals surface area contributed by atoms with Gasteiger partial charge >= 0.3 is 0 Å². The van der Waals surface area contributed by atoms with Gasteiger partial charge in [-0.15, -0.1) is 0 Å². The zero-order chi connectivity index (χ0) is 13.0. The summed E-state index contributed by atoms with van der Waals surface area (Å²) in [6.45, 7) is 6.03. The number of benzene rings is 1. The first-order valence-corrected chi connectivity index (χ1v) is 5.72. The molecule has 2 aromatic rings. The van der Waals surface area contributed by atoms with Gasteiger partial charge in [0.25, 0.3) is 0 Å². The molecular weight excluding hydrogens is 216 g/mol. The van der Waals surface area contributed by atoms with Crippen LogP contribution in [0.2, 0.25) is 0 Å². The lowest BCUT2D eigenvalue weighted by molar-refractivity contribution is 0.356. The van der Waals surface area contributed by atoms with Crippen LogP contribution in [0.5, 0.6) is 11.5 Å². The molecule has 0 unspecified atom stereocenters. The van der Waals surface area contributed by atoms with Crippen molar-refractivity contribution in [2.75, 3.05) is 14.2 Å². The third-order valence-corrected chi connectivity index (χ3v) is 2.63. The number of methoxy groups -OCH3 is 2. The third-order valence-electron chi connectivity index (χ3n) is 2.63. The monoisotopic (exact) mass is 236 g/mol. The van der Waals surface area contributed by atoms with E-state index in [0.717, 1.165) is 22.3 Å². The van der Waals surface area contributed by atoms with Gasteiger partial charge in [0.2, 0.25) is 0 Å². The number of rotatable bonds is 2. The normalized spacial score (nSPS) is 9.76. The van der Waals surface area contributed by atoms with Gasteiger partial charge in [-0.2, -0.15) is 5.10 Å². The Morgan fingerprint density at radius 3 is 2.12 bits per heavy atom. The minimum absolute atomic E-state index is 0.711. The molecule has 0 saturated heterocycles. The van der Waals surface area contributed by atoms with Crippen LogP contribution < -0.4 is 9.47 Å². The number of aromatic nitrogens is 2. The molecule has 0 radical (unpaired) electrons. The summed E-state index contributed by atoms with van der Waals surface area (Å²) in [7, 11) is 5.18. The van der Waals surface area contributed by atoms with E-state index < -0.39 is 0 Å². The van der Waals surface area contributed by atoms with Gasteiger partial charge < -0.3 is 9.47 Å². The summed E-state index contributed by atoms with van der Waals surface area (Å²) in [6.07, 6.45) is 0. The maximum atomic E-state index is 5.25. The number of hydrogen-bond donors (Lipinski definition) is 0. The second kappa shape index (κ2) is 5.57. The molecular formula is C13H20N2O2. The average Bonchev–Trinajstić information content (AvgIpc) is 2.65. The van der Waals surface area contributed by atoms with Crippen LogP contribution in [0, 0.1) is 6.92 Å². The quantitative estimate of drug-likeness (QED) is 0.804. The molecule has 0 bridgehead atoms. The van der Waals surface area contributed by atoms with Crippen LogP contribution in [0.4, 0.5) is 0 Å². The fourth-order valence-electron chi connectivity index (χ4n) is 1.65. The summed E-state index contributed by atoms with van der Waals surface area (Å²) in [4.78, 5) is 0. The Hall–Kier alpha value is -1.71. The highest BCUT2D eigenvalue weighted by molar-refractivity contribution is 5.85. The smallest absolute Gasteiger partial charge is 0.162 e. The lowest BCUT2D eigenvalue weighted by Gasteiger charge is -2.06. The van der Waals surface area contributed by atoms with Gasteiger partial charge in [0.15, 0.2) is 11.5 Å². The maximum Gasteiger partial charge on any atom is 0.162 e. The van der Waals surface area contributed by atoms with Crippen molar-refractivity contribution < 1.29 is 9.47 Å². The molecule has 0 atom stereocenters. The molecule has 0 N–H and O–H groups in total. The van der Waals surface area contributed by atoms with Crippen LogP contribution in [0.15, 0.2) is 12.1 Å². The van der Waals surface area contributed by atoms with Crippen LogP contribution in [0.25, 0.3) is 10.9 Å². The van der Waals surface area contributed by atoms with E-state index in [9.17, 15) is 0 Å². The average molecular weight is 236 g/mol. The molecule has 94 valence electrons. The summed E-state index contributed by atoms with van der Waals surface area (Å²) in [5.74, 6) is 1.45. The molecule has 17 heavy (non-hydrogen) atoms. The van der Waals surface area contributed by atoms with E-state index in [1.165, 1.54) is 0 Å². The molecule has 1 aromatic heterocycles. The highest BCUT2D eigenvalue weighted by Gasteiger charge is 2.10. The van der Waals surface area contributed by atoms with Crippen molar-refractivity contribution in [3.8, 4) is 11.5 Å². The fraction of sp³-hybridized carbons (Fsp3) is 0.462. The summed E-state index contributed by atoms with van der Waals surface area (Å²) in [5, 5.41) is 5.47. The van der Waals surface area contributed by atoms with Crippen molar-refractivity contribution in [1.82, 2.24) is 9.78 Å². The van der Waals surface area contributed by atoms with Crippen LogP contribution in [0.3, 0.4) is 0 Å². The molecule has 0 aliphatic heterocycles. The Kier molecular flexibility index (Phi) is 4.37. The molecule has 1 heterocycles. The highest BCUT2D eigenvalue weighted by Crippen LogP contribution is 2.32. The van der Waals surface area contributed by atoms with E-state index in [1.807, 2.05) is 44.6 Å². The minimum atomic E-state index is 0.711. The van der Waals surface area contributed by atoms with E-state index in [4.69, 9.17) is 9.47 Å². The van der Waals surface area contributed by atoms with E-state index in [-0.39, 0.29) is 0 Å². The Morgan fingerprint density at radius 2 is 1.59 bits per heavy atom. The number of nitrogens with zero attached hydrogens (tertiary/aromatic N) is 2. The first-order chi connectivity index (χ1) is 8.17. The van der Waals surface area contributed by atoms with Gasteiger partial charge in [0, 0.05) is 24.2 Å². The van der Waals surface area contributed by atoms with Gasteiger partial charge in [0.1, 0.15) is 0 Å². The first kappa shape index (κ1) is 13.4. The van der Waals surface area contributed by atoms with E-state index in [1.54, 1.807) is 14.2 Å². The van der Waals surface area contributed by atoms with Crippen LogP contribution in [0.1, 0.15) is 19.5 Å². The molecule has 2 rings (SSSR count). The van der Waals surface area contributed by atoms with Crippen LogP contribution in [-0.4, -0.2) is 24.0 Å². The predicted molar refractivity (Wildman–Crippen MR) is 69.9 cm³/mol. The molecule has 0 fully saturated rings.